The van der Waals surface area contributed by atoms with Crippen molar-refractivity contribution in [1.82, 2.24) is 0 Å². The summed E-state index contributed by atoms with van der Waals surface area (Å²) in [5.74, 6) is 0. The minimum atomic E-state index is -5.16. The molecule has 0 aliphatic heterocycles. The van der Waals surface area contributed by atoms with E-state index in [1.807, 2.05) is 0 Å². The molecular formula is C3H5F4O4P. The van der Waals surface area contributed by atoms with E-state index in [-0.39, 0.29) is 0 Å². The van der Waals surface area contributed by atoms with Gasteiger partial charge in [0, 0.05) is 0 Å². The number of hydrogen-bond acceptors (Lipinski definition) is 2. The number of rotatable bonds is 3. The summed E-state index contributed by atoms with van der Waals surface area (Å²) in [6.45, 7) is -1.70. The van der Waals surface area contributed by atoms with E-state index in [1.165, 1.54) is 0 Å². The number of halogens is 4. The van der Waals surface area contributed by atoms with Crippen molar-refractivity contribution in [2.45, 2.75) is 12.3 Å². The monoisotopic (exact) mass is 212 g/mol. The Morgan fingerprint density at radius 2 is 1.83 bits per heavy atom. The molecular weight excluding hydrogens is 207 g/mol. The molecule has 0 aromatic rings. The van der Waals surface area contributed by atoms with Gasteiger partial charge in [0.1, 0.15) is 0 Å². The van der Waals surface area contributed by atoms with Crippen LogP contribution in [-0.2, 0) is 9.09 Å². The second-order valence-electron chi connectivity index (χ2n) is 1.80. The maximum absolute atomic E-state index is 11.8. The van der Waals surface area contributed by atoms with Crippen molar-refractivity contribution in [3.63, 3.8) is 0 Å². The van der Waals surface area contributed by atoms with Gasteiger partial charge in [-0.1, -0.05) is 0 Å². The Bertz CT molecular complexity index is 185. The van der Waals surface area contributed by atoms with Gasteiger partial charge in [0.25, 0.3) is 0 Å². The molecule has 4 nitrogen and oxygen atoms in total. The maximum Gasteiger partial charge on any atom is 0.469 e. The normalized spacial score (nSPS) is 16.2. The number of alkyl halides is 4. The van der Waals surface area contributed by atoms with E-state index in [2.05, 4.69) is 4.52 Å². The van der Waals surface area contributed by atoms with E-state index in [0.717, 1.165) is 0 Å². The molecule has 2 N–H and O–H groups in total. The Morgan fingerprint density at radius 1 is 1.42 bits per heavy atom. The third kappa shape index (κ3) is 5.48. The second-order valence-corrected chi connectivity index (χ2v) is 3.03. The second kappa shape index (κ2) is 3.69. The van der Waals surface area contributed by atoms with Crippen molar-refractivity contribution >= 4 is 7.82 Å². The van der Waals surface area contributed by atoms with Crippen LogP contribution in [0.3, 0.4) is 0 Å². The van der Waals surface area contributed by atoms with Gasteiger partial charge >= 0.3 is 14.0 Å². The highest BCUT2D eigenvalue weighted by atomic mass is 31.2. The molecule has 0 aliphatic carbocycles. The lowest BCUT2D eigenvalue weighted by molar-refractivity contribution is -0.187. The zero-order valence-electron chi connectivity index (χ0n) is 5.45. The van der Waals surface area contributed by atoms with Crippen molar-refractivity contribution < 1.29 is 36.4 Å². The summed E-state index contributed by atoms with van der Waals surface area (Å²) < 4.78 is 58.9. The molecule has 1 atom stereocenters. The van der Waals surface area contributed by atoms with Gasteiger partial charge in [-0.3, -0.25) is 4.52 Å². The minimum Gasteiger partial charge on any atom is -0.303 e. The predicted molar refractivity (Wildman–Crippen MR) is 28.9 cm³/mol. The van der Waals surface area contributed by atoms with Gasteiger partial charge in [0.05, 0.1) is 6.61 Å². The van der Waals surface area contributed by atoms with Gasteiger partial charge in [-0.15, -0.1) is 0 Å². The molecule has 0 radical (unpaired) electrons. The van der Waals surface area contributed by atoms with Gasteiger partial charge in [-0.25, -0.2) is 8.96 Å². The number of phosphoric acid groups is 1. The fourth-order valence-electron chi connectivity index (χ4n) is 0.257. The first kappa shape index (κ1) is 11.8. The van der Waals surface area contributed by atoms with E-state index in [1.54, 1.807) is 0 Å². The fourth-order valence-corrected chi connectivity index (χ4v) is 0.582. The highest BCUT2D eigenvalue weighted by Gasteiger charge is 2.41. The molecule has 0 saturated heterocycles. The van der Waals surface area contributed by atoms with Crippen molar-refractivity contribution in [3.05, 3.63) is 0 Å². The molecule has 0 bridgehead atoms. The van der Waals surface area contributed by atoms with Gasteiger partial charge in [0.2, 0.25) is 6.17 Å². The SMILES string of the molecule is O=P(O)(O)OCC(F)C(F)(F)F. The highest BCUT2D eigenvalue weighted by molar-refractivity contribution is 7.46. The molecule has 12 heavy (non-hydrogen) atoms. The molecule has 0 aromatic carbocycles. The quantitative estimate of drug-likeness (QED) is 0.540. The third-order valence-corrected chi connectivity index (χ3v) is 1.23. The number of phosphoric ester groups is 1. The summed E-state index contributed by atoms with van der Waals surface area (Å²) in [4.78, 5) is 15.8. The molecule has 0 amide bonds. The van der Waals surface area contributed by atoms with Gasteiger partial charge in [0.15, 0.2) is 0 Å². The molecule has 1 unspecified atom stereocenters. The molecule has 0 aliphatic rings. The molecule has 0 rings (SSSR count). The summed E-state index contributed by atoms with van der Waals surface area (Å²) in [5, 5.41) is 0. The van der Waals surface area contributed by atoms with Crippen LogP contribution >= 0.6 is 7.82 Å². The minimum absolute atomic E-state index is 1.70. The lowest BCUT2D eigenvalue weighted by atomic mass is 10.4. The van der Waals surface area contributed by atoms with E-state index < -0.39 is 26.8 Å². The lowest BCUT2D eigenvalue weighted by Gasteiger charge is -2.12. The van der Waals surface area contributed by atoms with E-state index in [0.29, 0.717) is 0 Å². The molecule has 0 saturated carbocycles. The summed E-state index contributed by atoms with van der Waals surface area (Å²) in [6.07, 6.45) is -8.54. The Hall–Kier alpha value is -0.170. The van der Waals surface area contributed by atoms with Crippen LogP contribution in [0, 0.1) is 0 Å². The van der Waals surface area contributed by atoms with Crippen LogP contribution in [0.4, 0.5) is 17.6 Å². The molecule has 0 spiro atoms. The van der Waals surface area contributed by atoms with Gasteiger partial charge in [-0.05, 0) is 0 Å². The van der Waals surface area contributed by atoms with Crippen LogP contribution in [-0.4, -0.2) is 28.7 Å². The first-order chi connectivity index (χ1) is 5.13. The van der Waals surface area contributed by atoms with Crippen LogP contribution in [0.15, 0.2) is 0 Å². The van der Waals surface area contributed by atoms with Crippen LogP contribution in [0.2, 0.25) is 0 Å². The zero-order valence-corrected chi connectivity index (χ0v) is 6.35. The molecule has 0 fully saturated rings. The lowest BCUT2D eigenvalue weighted by Crippen LogP contribution is -2.28. The fraction of sp³-hybridized carbons (Fsp3) is 1.00. The molecule has 0 aromatic heterocycles. The van der Waals surface area contributed by atoms with Crippen molar-refractivity contribution in [2.75, 3.05) is 6.61 Å². The first-order valence-corrected chi connectivity index (χ1v) is 4.07. The topological polar surface area (TPSA) is 66.8 Å². The summed E-state index contributed by atoms with van der Waals surface area (Å²) in [6, 6.07) is 0. The standard InChI is InChI=1S/C3H5F4O4P/c4-2(3(5,6)7)1-11-12(8,9)10/h2H,1H2,(H2,8,9,10). The number of hydrogen-bond donors (Lipinski definition) is 2. The van der Waals surface area contributed by atoms with Crippen LogP contribution in [0.1, 0.15) is 0 Å². The smallest absolute Gasteiger partial charge is 0.303 e. The van der Waals surface area contributed by atoms with Crippen molar-refractivity contribution in [3.8, 4) is 0 Å². The van der Waals surface area contributed by atoms with E-state index >= 15 is 0 Å². The third-order valence-electron chi connectivity index (χ3n) is 0.744. The first-order valence-electron chi connectivity index (χ1n) is 2.54. The Kier molecular flexibility index (Phi) is 3.64. The summed E-state index contributed by atoms with van der Waals surface area (Å²) in [7, 11) is -5.03. The Labute approximate surface area is 64.4 Å². The molecule has 9 heteroatoms. The van der Waals surface area contributed by atoms with Crippen LogP contribution in [0.25, 0.3) is 0 Å². The summed E-state index contributed by atoms with van der Waals surface area (Å²) >= 11 is 0. The average molecular weight is 212 g/mol. The van der Waals surface area contributed by atoms with Crippen LogP contribution in [0.5, 0.6) is 0 Å². The highest BCUT2D eigenvalue weighted by Crippen LogP contribution is 2.37. The van der Waals surface area contributed by atoms with E-state index in [9.17, 15) is 22.1 Å². The summed E-state index contributed by atoms with van der Waals surface area (Å²) in [5.41, 5.74) is 0. The largest absolute Gasteiger partial charge is 0.469 e. The average Bonchev–Trinajstić information content (AvgIpc) is 1.78. The Balaban J connectivity index is 3.89. The maximum atomic E-state index is 11.8. The van der Waals surface area contributed by atoms with Crippen molar-refractivity contribution in [2.24, 2.45) is 0 Å². The van der Waals surface area contributed by atoms with E-state index in [4.69, 9.17) is 9.79 Å². The predicted octanol–water partition coefficient (Wildman–Crippen LogP) is 0.996. The molecule has 0 heterocycles. The van der Waals surface area contributed by atoms with Gasteiger partial charge in [-0.2, -0.15) is 13.2 Å². The zero-order chi connectivity index (χ0) is 9.99. The van der Waals surface area contributed by atoms with Crippen molar-refractivity contribution in [1.29, 1.82) is 0 Å². The van der Waals surface area contributed by atoms with Gasteiger partial charge < -0.3 is 9.79 Å². The molecule has 74 valence electrons. The Morgan fingerprint density at radius 3 is 2.08 bits per heavy atom. The van der Waals surface area contributed by atoms with Crippen LogP contribution < -0.4 is 0 Å².